The van der Waals surface area contributed by atoms with Gasteiger partial charge >= 0.3 is 12.1 Å². The molecule has 0 spiro atoms. The van der Waals surface area contributed by atoms with Crippen LogP contribution < -0.4 is 5.73 Å². The summed E-state index contributed by atoms with van der Waals surface area (Å²) in [7, 11) is 0. The molecule has 1 aromatic rings. The summed E-state index contributed by atoms with van der Waals surface area (Å²) in [4.78, 5) is 11.6. The molecule has 0 bridgehead atoms. The highest BCUT2D eigenvalue weighted by molar-refractivity contribution is 5.91. The van der Waals surface area contributed by atoms with Gasteiger partial charge in [0.25, 0.3) is 0 Å². The molecule has 1 rings (SSSR count). The van der Waals surface area contributed by atoms with Crippen molar-refractivity contribution in [2.24, 2.45) is 0 Å². The Bertz CT molecular complexity index is 446. The van der Waals surface area contributed by atoms with Crippen molar-refractivity contribution in [1.29, 1.82) is 0 Å². The van der Waals surface area contributed by atoms with Crippen LogP contribution >= 0.6 is 0 Å². The molecule has 0 saturated heterocycles. The molecule has 0 aromatic heterocycles. The zero-order valence-electron chi connectivity index (χ0n) is 10.3. The molecule has 0 aliphatic rings. The summed E-state index contributed by atoms with van der Waals surface area (Å²) >= 11 is 0. The standard InChI is InChI=1S/C12H14F3NO3/c1-8-6-9(16)2-3-10(8)11(17)19-5-4-18-7-12(13,14)15/h2-3,6H,4-5,7,16H2,1H3. The Morgan fingerprint density at radius 3 is 2.58 bits per heavy atom. The number of anilines is 1. The Labute approximate surface area is 108 Å². The quantitative estimate of drug-likeness (QED) is 0.509. The highest BCUT2D eigenvalue weighted by Crippen LogP contribution is 2.15. The van der Waals surface area contributed by atoms with Crippen LogP contribution in [0.1, 0.15) is 15.9 Å². The molecule has 0 aliphatic heterocycles. The SMILES string of the molecule is Cc1cc(N)ccc1C(=O)OCCOCC(F)(F)F. The Balaban J connectivity index is 2.36. The maximum absolute atomic E-state index is 11.8. The second-order valence-electron chi connectivity index (χ2n) is 3.88. The smallest absolute Gasteiger partial charge is 0.411 e. The molecule has 0 fully saturated rings. The van der Waals surface area contributed by atoms with E-state index in [0.29, 0.717) is 16.8 Å². The summed E-state index contributed by atoms with van der Waals surface area (Å²) in [6, 6.07) is 4.66. The maximum Gasteiger partial charge on any atom is 0.411 e. The summed E-state index contributed by atoms with van der Waals surface area (Å²) in [6.07, 6.45) is -4.38. The van der Waals surface area contributed by atoms with Crippen LogP contribution in [0.25, 0.3) is 0 Å². The number of alkyl halides is 3. The van der Waals surface area contributed by atoms with Gasteiger partial charge < -0.3 is 15.2 Å². The molecule has 1 aromatic carbocycles. The van der Waals surface area contributed by atoms with Gasteiger partial charge in [-0.25, -0.2) is 4.79 Å². The third-order valence-corrected chi connectivity index (χ3v) is 2.20. The molecular formula is C12H14F3NO3. The summed E-state index contributed by atoms with van der Waals surface area (Å²) in [5.41, 5.74) is 7.01. The molecule has 4 nitrogen and oxygen atoms in total. The van der Waals surface area contributed by atoms with Crippen LogP contribution in [0.3, 0.4) is 0 Å². The van der Waals surface area contributed by atoms with E-state index in [-0.39, 0.29) is 13.2 Å². The van der Waals surface area contributed by atoms with Crippen molar-refractivity contribution >= 4 is 11.7 Å². The number of nitrogen functional groups attached to an aromatic ring is 1. The lowest BCUT2D eigenvalue weighted by atomic mass is 10.1. The number of nitrogens with two attached hydrogens (primary N) is 1. The van der Waals surface area contributed by atoms with E-state index in [1.54, 1.807) is 19.1 Å². The molecule has 0 atom stereocenters. The molecule has 0 saturated carbocycles. The number of aryl methyl sites for hydroxylation is 1. The molecular weight excluding hydrogens is 263 g/mol. The van der Waals surface area contributed by atoms with Crippen LogP contribution in [0, 0.1) is 6.92 Å². The van der Waals surface area contributed by atoms with E-state index in [4.69, 9.17) is 10.5 Å². The largest absolute Gasteiger partial charge is 0.460 e. The van der Waals surface area contributed by atoms with Gasteiger partial charge in [-0.05, 0) is 30.7 Å². The Morgan fingerprint density at radius 1 is 1.32 bits per heavy atom. The van der Waals surface area contributed by atoms with Crippen molar-refractivity contribution in [3.63, 3.8) is 0 Å². The zero-order valence-corrected chi connectivity index (χ0v) is 10.3. The number of rotatable bonds is 5. The fourth-order valence-corrected chi connectivity index (χ4v) is 1.37. The predicted octanol–water partition coefficient (Wildman–Crippen LogP) is 2.31. The highest BCUT2D eigenvalue weighted by Gasteiger charge is 2.27. The number of ether oxygens (including phenoxy) is 2. The van der Waals surface area contributed by atoms with E-state index in [0.717, 1.165) is 0 Å². The van der Waals surface area contributed by atoms with Crippen LogP contribution in [0.15, 0.2) is 18.2 Å². The number of carbonyl (C=O) groups excluding carboxylic acids is 1. The van der Waals surface area contributed by atoms with Crippen LogP contribution in [0.4, 0.5) is 18.9 Å². The normalized spacial score (nSPS) is 11.4. The zero-order chi connectivity index (χ0) is 14.5. The predicted molar refractivity (Wildman–Crippen MR) is 62.7 cm³/mol. The Kier molecular flexibility index (Phi) is 5.17. The van der Waals surface area contributed by atoms with Gasteiger partial charge in [-0.15, -0.1) is 0 Å². The lowest BCUT2D eigenvalue weighted by Crippen LogP contribution is -2.20. The summed E-state index contributed by atoms with van der Waals surface area (Å²) in [5.74, 6) is -0.617. The van der Waals surface area contributed by atoms with E-state index in [9.17, 15) is 18.0 Å². The third kappa shape index (κ3) is 5.60. The van der Waals surface area contributed by atoms with Gasteiger partial charge in [-0.2, -0.15) is 13.2 Å². The van der Waals surface area contributed by atoms with E-state index in [1.165, 1.54) is 6.07 Å². The number of hydrogen-bond acceptors (Lipinski definition) is 4. The summed E-state index contributed by atoms with van der Waals surface area (Å²) in [5, 5.41) is 0. The summed E-state index contributed by atoms with van der Waals surface area (Å²) in [6.45, 7) is -0.212. The van der Waals surface area contributed by atoms with Gasteiger partial charge in [-0.1, -0.05) is 0 Å². The second-order valence-corrected chi connectivity index (χ2v) is 3.88. The Morgan fingerprint density at radius 2 is 2.00 bits per heavy atom. The van der Waals surface area contributed by atoms with Crippen LogP contribution in [-0.2, 0) is 9.47 Å². The van der Waals surface area contributed by atoms with Crippen molar-refractivity contribution in [3.05, 3.63) is 29.3 Å². The van der Waals surface area contributed by atoms with Gasteiger partial charge in [0, 0.05) is 5.69 Å². The molecule has 106 valence electrons. The first-order chi connectivity index (χ1) is 8.79. The number of esters is 1. The van der Waals surface area contributed by atoms with E-state index in [2.05, 4.69) is 4.74 Å². The minimum atomic E-state index is -4.38. The van der Waals surface area contributed by atoms with E-state index in [1.807, 2.05) is 0 Å². The first-order valence-corrected chi connectivity index (χ1v) is 5.47. The molecule has 2 N–H and O–H groups in total. The molecule has 19 heavy (non-hydrogen) atoms. The highest BCUT2D eigenvalue weighted by atomic mass is 19.4. The van der Waals surface area contributed by atoms with Crippen molar-refractivity contribution in [1.82, 2.24) is 0 Å². The molecule has 7 heteroatoms. The summed E-state index contributed by atoms with van der Waals surface area (Å²) < 4.78 is 44.4. The molecule has 0 heterocycles. The minimum Gasteiger partial charge on any atom is -0.460 e. The van der Waals surface area contributed by atoms with Gasteiger partial charge in [0.05, 0.1) is 12.2 Å². The minimum absolute atomic E-state index is 0.237. The second kappa shape index (κ2) is 6.42. The molecule has 0 unspecified atom stereocenters. The maximum atomic E-state index is 11.8. The van der Waals surface area contributed by atoms with Crippen LogP contribution in [-0.4, -0.2) is 32.0 Å². The number of carbonyl (C=O) groups is 1. The lowest BCUT2D eigenvalue weighted by molar-refractivity contribution is -0.175. The van der Waals surface area contributed by atoms with Crippen molar-refractivity contribution in [2.45, 2.75) is 13.1 Å². The van der Waals surface area contributed by atoms with Gasteiger partial charge in [0.1, 0.15) is 13.2 Å². The molecule has 0 radical (unpaired) electrons. The van der Waals surface area contributed by atoms with E-state index < -0.39 is 18.8 Å². The molecule has 0 amide bonds. The fraction of sp³-hybridized carbons (Fsp3) is 0.417. The number of benzene rings is 1. The first-order valence-electron chi connectivity index (χ1n) is 5.47. The average molecular weight is 277 g/mol. The van der Waals surface area contributed by atoms with Crippen LogP contribution in [0.5, 0.6) is 0 Å². The van der Waals surface area contributed by atoms with Crippen molar-refractivity contribution in [3.8, 4) is 0 Å². The lowest BCUT2D eigenvalue weighted by Gasteiger charge is -2.09. The van der Waals surface area contributed by atoms with Gasteiger partial charge in [0.2, 0.25) is 0 Å². The molecule has 0 aliphatic carbocycles. The van der Waals surface area contributed by atoms with Crippen LogP contribution in [0.2, 0.25) is 0 Å². The average Bonchev–Trinajstić information content (AvgIpc) is 2.26. The number of halogens is 3. The monoisotopic (exact) mass is 277 g/mol. The Hall–Kier alpha value is -1.76. The van der Waals surface area contributed by atoms with E-state index >= 15 is 0 Å². The van der Waals surface area contributed by atoms with Crippen molar-refractivity contribution in [2.75, 3.05) is 25.6 Å². The van der Waals surface area contributed by atoms with Gasteiger partial charge in [-0.3, -0.25) is 0 Å². The topological polar surface area (TPSA) is 61.6 Å². The number of hydrogen-bond donors (Lipinski definition) is 1. The van der Waals surface area contributed by atoms with Gasteiger partial charge in [0.15, 0.2) is 0 Å². The fourth-order valence-electron chi connectivity index (χ4n) is 1.37. The third-order valence-electron chi connectivity index (χ3n) is 2.20. The van der Waals surface area contributed by atoms with Crippen molar-refractivity contribution < 1.29 is 27.4 Å². The first kappa shape index (κ1) is 15.3.